The fraction of sp³-hybridized carbons (Fsp3) is 0.161. The van der Waals surface area contributed by atoms with E-state index in [-0.39, 0.29) is 0 Å². The molecule has 0 unspecified atom stereocenters. The van der Waals surface area contributed by atoms with Crippen molar-refractivity contribution in [3.63, 3.8) is 0 Å². The third kappa shape index (κ3) is 8.25. The second kappa shape index (κ2) is 13.5. The zero-order valence-corrected chi connectivity index (χ0v) is 20.4. The van der Waals surface area contributed by atoms with Crippen molar-refractivity contribution in [1.82, 2.24) is 0 Å². The van der Waals surface area contributed by atoms with Crippen LogP contribution in [0.2, 0.25) is 0 Å². The second-order valence-corrected chi connectivity index (χ2v) is 8.18. The second-order valence-electron chi connectivity index (χ2n) is 8.18. The van der Waals surface area contributed by atoms with Crippen molar-refractivity contribution in [1.29, 1.82) is 0 Å². The van der Waals surface area contributed by atoms with E-state index in [1.54, 1.807) is 48.5 Å². The number of carbonyl (C=O) groups excluding carboxylic acids is 2. The monoisotopic (exact) mass is 496 g/mol. The van der Waals surface area contributed by atoms with E-state index in [0.29, 0.717) is 42.4 Å². The minimum atomic E-state index is -0.526. The fourth-order valence-electron chi connectivity index (χ4n) is 3.54. The maximum Gasteiger partial charge on any atom is 0.343 e. The molecule has 0 heterocycles. The van der Waals surface area contributed by atoms with Gasteiger partial charge in [0.05, 0.1) is 17.7 Å². The summed E-state index contributed by atoms with van der Waals surface area (Å²) in [5, 5.41) is 0. The minimum Gasteiger partial charge on any atom is -0.490 e. The zero-order valence-electron chi connectivity index (χ0n) is 20.4. The SMILES string of the molecule is O=C(OCCCc1ccccc1)c1ccc(OC(=O)c2cccc(OCCOc3ccccc3)c2)cc1. The van der Waals surface area contributed by atoms with Crippen LogP contribution in [-0.4, -0.2) is 31.8 Å². The number of hydrogen-bond donors (Lipinski definition) is 0. The number of rotatable bonds is 12. The van der Waals surface area contributed by atoms with E-state index in [0.717, 1.165) is 18.6 Å². The van der Waals surface area contributed by atoms with Crippen LogP contribution in [0.15, 0.2) is 109 Å². The van der Waals surface area contributed by atoms with Crippen LogP contribution < -0.4 is 14.2 Å². The molecule has 37 heavy (non-hydrogen) atoms. The molecular weight excluding hydrogens is 468 g/mol. The van der Waals surface area contributed by atoms with Gasteiger partial charge in [0.15, 0.2) is 0 Å². The fourth-order valence-corrected chi connectivity index (χ4v) is 3.54. The van der Waals surface area contributed by atoms with Crippen LogP contribution in [0.3, 0.4) is 0 Å². The molecule has 0 spiro atoms. The summed E-state index contributed by atoms with van der Waals surface area (Å²) in [6, 6.07) is 32.6. The van der Waals surface area contributed by atoms with Crippen molar-refractivity contribution >= 4 is 11.9 Å². The maximum atomic E-state index is 12.6. The Balaban J connectivity index is 1.21. The molecule has 188 valence electrons. The highest BCUT2D eigenvalue weighted by Crippen LogP contribution is 2.18. The molecule has 4 aromatic carbocycles. The van der Waals surface area contributed by atoms with Gasteiger partial charge in [-0.1, -0.05) is 54.6 Å². The third-order valence-corrected chi connectivity index (χ3v) is 5.42. The maximum absolute atomic E-state index is 12.6. The summed E-state index contributed by atoms with van der Waals surface area (Å²) in [5.41, 5.74) is 1.95. The lowest BCUT2D eigenvalue weighted by atomic mass is 10.1. The number of benzene rings is 4. The number of ether oxygens (including phenoxy) is 4. The van der Waals surface area contributed by atoms with Gasteiger partial charge in [-0.15, -0.1) is 0 Å². The van der Waals surface area contributed by atoms with Crippen molar-refractivity contribution in [3.8, 4) is 17.2 Å². The summed E-state index contributed by atoms with van der Waals surface area (Å²) in [6.07, 6.45) is 1.59. The summed E-state index contributed by atoms with van der Waals surface area (Å²) in [4.78, 5) is 24.9. The quantitative estimate of drug-likeness (QED) is 0.133. The first-order chi connectivity index (χ1) is 18.2. The van der Waals surface area contributed by atoms with Gasteiger partial charge in [0.1, 0.15) is 30.5 Å². The molecule has 0 saturated carbocycles. The first-order valence-electron chi connectivity index (χ1n) is 12.1. The minimum absolute atomic E-state index is 0.327. The molecule has 0 aromatic heterocycles. The average Bonchev–Trinajstić information content (AvgIpc) is 2.95. The van der Waals surface area contributed by atoms with Crippen molar-refractivity contribution in [3.05, 3.63) is 126 Å². The standard InChI is InChI=1S/C31H28O6/c32-30(36-20-8-11-24-9-3-1-4-10-24)25-16-18-28(19-17-25)37-31(33)26-12-7-15-29(23-26)35-22-21-34-27-13-5-2-6-14-27/h1-7,9-10,12-19,23H,8,11,20-22H2. The predicted molar refractivity (Wildman–Crippen MR) is 140 cm³/mol. The molecule has 0 N–H and O–H groups in total. The number of aryl methyl sites for hydroxylation is 1. The van der Waals surface area contributed by atoms with Gasteiger partial charge >= 0.3 is 11.9 Å². The first-order valence-corrected chi connectivity index (χ1v) is 12.1. The lowest BCUT2D eigenvalue weighted by molar-refractivity contribution is 0.0500. The van der Waals surface area contributed by atoms with Crippen LogP contribution in [0, 0.1) is 0 Å². The number of hydrogen-bond acceptors (Lipinski definition) is 6. The Labute approximate surface area is 216 Å². The Bertz CT molecular complexity index is 1270. The van der Waals surface area contributed by atoms with E-state index in [4.69, 9.17) is 18.9 Å². The largest absolute Gasteiger partial charge is 0.490 e. The van der Waals surface area contributed by atoms with Crippen molar-refractivity contribution in [2.45, 2.75) is 12.8 Å². The number of esters is 2. The van der Waals surface area contributed by atoms with E-state index >= 15 is 0 Å². The molecule has 0 aliphatic heterocycles. The third-order valence-electron chi connectivity index (χ3n) is 5.42. The van der Waals surface area contributed by atoms with Gasteiger partial charge in [0.2, 0.25) is 0 Å². The van der Waals surface area contributed by atoms with Gasteiger partial charge < -0.3 is 18.9 Å². The zero-order chi connectivity index (χ0) is 25.7. The Hall–Kier alpha value is -4.58. The normalized spacial score (nSPS) is 10.4. The molecule has 0 aliphatic carbocycles. The summed E-state index contributed by atoms with van der Waals surface area (Å²) >= 11 is 0. The summed E-state index contributed by atoms with van der Waals surface area (Å²) in [6.45, 7) is 1.04. The smallest absolute Gasteiger partial charge is 0.343 e. The molecule has 0 saturated heterocycles. The molecule has 0 bridgehead atoms. The van der Waals surface area contributed by atoms with Crippen molar-refractivity contribution < 1.29 is 28.5 Å². The van der Waals surface area contributed by atoms with E-state index in [1.807, 2.05) is 60.7 Å². The summed E-state index contributed by atoms with van der Waals surface area (Å²) in [5.74, 6) is 0.699. The molecule has 0 aliphatic rings. The van der Waals surface area contributed by atoms with Crippen molar-refractivity contribution in [2.75, 3.05) is 19.8 Å². The van der Waals surface area contributed by atoms with Crippen LogP contribution in [-0.2, 0) is 11.2 Å². The Morgan fingerprint density at radius 1 is 0.541 bits per heavy atom. The Kier molecular flexibility index (Phi) is 9.30. The van der Waals surface area contributed by atoms with Crippen molar-refractivity contribution in [2.24, 2.45) is 0 Å². The van der Waals surface area contributed by atoms with E-state index in [9.17, 15) is 9.59 Å². The Morgan fingerprint density at radius 3 is 1.92 bits per heavy atom. The summed E-state index contributed by atoms with van der Waals surface area (Å²) in [7, 11) is 0. The van der Waals surface area contributed by atoms with Gasteiger partial charge in [0.25, 0.3) is 0 Å². The molecule has 0 radical (unpaired) electrons. The molecule has 4 aromatic rings. The van der Waals surface area contributed by atoms with Crippen LogP contribution in [0.4, 0.5) is 0 Å². The molecule has 0 fully saturated rings. The van der Waals surface area contributed by atoms with E-state index in [2.05, 4.69) is 0 Å². The van der Waals surface area contributed by atoms with E-state index < -0.39 is 11.9 Å². The van der Waals surface area contributed by atoms with Gasteiger partial charge in [-0.05, 0) is 73.0 Å². The lowest BCUT2D eigenvalue weighted by Gasteiger charge is -2.10. The van der Waals surface area contributed by atoms with Crippen LogP contribution in [0.5, 0.6) is 17.2 Å². The summed E-state index contributed by atoms with van der Waals surface area (Å²) < 4.78 is 22.1. The lowest BCUT2D eigenvalue weighted by Crippen LogP contribution is -2.11. The molecule has 0 atom stereocenters. The molecule has 4 rings (SSSR count). The van der Waals surface area contributed by atoms with Crippen LogP contribution in [0.25, 0.3) is 0 Å². The number of carbonyl (C=O) groups is 2. The van der Waals surface area contributed by atoms with Crippen LogP contribution >= 0.6 is 0 Å². The highest BCUT2D eigenvalue weighted by atomic mass is 16.5. The van der Waals surface area contributed by atoms with Gasteiger partial charge in [-0.2, -0.15) is 0 Å². The highest BCUT2D eigenvalue weighted by molar-refractivity contribution is 5.92. The topological polar surface area (TPSA) is 71.1 Å². The molecule has 6 heteroatoms. The van der Waals surface area contributed by atoms with Crippen LogP contribution in [0.1, 0.15) is 32.7 Å². The average molecular weight is 497 g/mol. The van der Waals surface area contributed by atoms with E-state index in [1.165, 1.54) is 5.56 Å². The molecule has 0 amide bonds. The van der Waals surface area contributed by atoms with Gasteiger partial charge in [-0.3, -0.25) is 0 Å². The Morgan fingerprint density at radius 2 is 1.19 bits per heavy atom. The molecular formula is C31H28O6. The van der Waals surface area contributed by atoms with Gasteiger partial charge in [0, 0.05) is 0 Å². The highest BCUT2D eigenvalue weighted by Gasteiger charge is 2.12. The molecule has 6 nitrogen and oxygen atoms in total. The van der Waals surface area contributed by atoms with Gasteiger partial charge in [-0.25, -0.2) is 9.59 Å². The number of para-hydroxylation sites is 1. The predicted octanol–water partition coefficient (Wildman–Crippen LogP) is 6.15. The first kappa shape index (κ1) is 25.5.